The zero-order chi connectivity index (χ0) is 25.4. The van der Waals surface area contributed by atoms with Crippen LogP contribution in [0.5, 0.6) is 11.5 Å². The van der Waals surface area contributed by atoms with Gasteiger partial charge >= 0.3 is 0 Å². The van der Waals surface area contributed by atoms with Gasteiger partial charge in [0.05, 0.1) is 16.6 Å². The number of phenolic OH excluding ortho intramolecular Hbond substituents is 1. The number of fused-ring (bicyclic) bond motifs is 1. The number of amides is 1. The number of aliphatic hydroxyl groups is 2. The van der Waals surface area contributed by atoms with Gasteiger partial charge in [0.1, 0.15) is 11.6 Å². The number of aromatic hydroxyl groups is 1. The van der Waals surface area contributed by atoms with Gasteiger partial charge in [0, 0.05) is 23.8 Å². The van der Waals surface area contributed by atoms with E-state index < -0.39 is 28.8 Å². The fourth-order valence-corrected chi connectivity index (χ4v) is 6.68. The minimum absolute atomic E-state index is 0.00538. The van der Waals surface area contributed by atoms with Gasteiger partial charge in [0.2, 0.25) is 0 Å². The number of nitrogens with one attached hydrogen (secondary N) is 1. The normalized spacial score (nSPS) is 31.3. The van der Waals surface area contributed by atoms with Gasteiger partial charge in [-0.15, -0.1) is 0 Å². The molecule has 6 rings (SSSR count). The third kappa shape index (κ3) is 3.27. The molecule has 0 aromatic heterocycles. The van der Waals surface area contributed by atoms with Crippen LogP contribution in [-0.4, -0.2) is 57.0 Å². The number of hydrogen-bond acceptors (Lipinski definition) is 6. The van der Waals surface area contributed by atoms with Crippen LogP contribution in [0.4, 0.5) is 10.1 Å². The molecule has 1 saturated heterocycles. The molecule has 4 aliphatic rings. The quantitative estimate of drug-likeness (QED) is 0.373. The molecule has 0 radical (unpaired) electrons. The molecule has 7 nitrogen and oxygen atoms in total. The maximum absolute atomic E-state index is 13.6. The monoisotopic (exact) mass is 494 g/mol. The number of benzene rings is 2. The Morgan fingerprint density at radius 3 is 2.78 bits per heavy atom. The number of ether oxygens (including phenoxy) is 1. The predicted octanol–water partition coefficient (Wildman–Crippen LogP) is 3.79. The largest absolute Gasteiger partial charge is 0.508 e. The highest BCUT2D eigenvalue weighted by Crippen LogP contribution is 2.63. The van der Waals surface area contributed by atoms with Crippen LogP contribution < -0.4 is 10.1 Å². The molecule has 190 valence electrons. The highest BCUT2D eigenvalue weighted by atomic mass is 19.1. The summed E-state index contributed by atoms with van der Waals surface area (Å²) in [5.74, 6) is -0.530. The third-order valence-electron chi connectivity index (χ3n) is 8.80. The number of nitrogens with zero attached hydrogens (tertiary/aromatic N) is 1. The molecule has 2 aromatic rings. The van der Waals surface area contributed by atoms with Crippen LogP contribution in [0.15, 0.2) is 47.7 Å². The average Bonchev–Trinajstić information content (AvgIpc) is 3.57. The van der Waals surface area contributed by atoms with Crippen molar-refractivity contribution in [3.63, 3.8) is 0 Å². The Morgan fingerprint density at radius 1 is 1.28 bits per heavy atom. The summed E-state index contributed by atoms with van der Waals surface area (Å²) in [5, 5.41) is 37.0. The van der Waals surface area contributed by atoms with E-state index in [0.717, 1.165) is 17.7 Å². The third-order valence-corrected chi connectivity index (χ3v) is 8.80. The molecule has 4 atom stereocenters. The minimum atomic E-state index is -1.29. The molecule has 4 N–H and O–H groups in total. The van der Waals surface area contributed by atoms with Gasteiger partial charge in [-0.25, -0.2) is 4.39 Å². The lowest BCUT2D eigenvalue weighted by atomic mass is 9.53. The van der Waals surface area contributed by atoms with Crippen molar-refractivity contribution in [1.82, 2.24) is 4.90 Å². The van der Waals surface area contributed by atoms with E-state index in [0.29, 0.717) is 25.3 Å². The van der Waals surface area contributed by atoms with Crippen molar-refractivity contribution >= 4 is 11.6 Å². The van der Waals surface area contributed by atoms with E-state index in [2.05, 4.69) is 10.2 Å². The lowest BCUT2D eigenvalue weighted by Gasteiger charge is -2.59. The Hall–Kier alpha value is -3.10. The van der Waals surface area contributed by atoms with Gasteiger partial charge in [0.25, 0.3) is 5.91 Å². The van der Waals surface area contributed by atoms with E-state index in [1.807, 2.05) is 6.07 Å². The first-order valence-corrected chi connectivity index (χ1v) is 12.6. The van der Waals surface area contributed by atoms with Crippen molar-refractivity contribution in [3.05, 3.63) is 64.7 Å². The fourth-order valence-electron chi connectivity index (χ4n) is 6.68. The fraction of sp³-hybridized carbons (Fsp3) is 0.464. The second kappa shape index (κ2) is 7.95. The number of piperidine rings is 1. The first kappa shape index (κ1) is 23.3. The van der Waals surface area contributed by atoms with Gasteiger partial charge in [0.15, 0.2) is 17.6 Å². The summed E-state index contributed by atoms with van der Waals surface area (Å²) in [5.41, 5.74) is -0.347. The second-order valence-corrected chi connectivity index (χ2v) is 10.9. The second-order valence-electron chi connectivity index (χ2n) is 10.9. The lowest BCUT2D eigenvalue weighted by molar-refractivity contribution is -0.153. The number of hydrogen-bond donors (Lipinski definition) is 4. The summed E-state index contributed by atoms with van der Waals surface area (Å²) in [7, 11) is 0. The van der Waals surface area contributed by atoms with Crippen molar-refractivity contribution in [2.24, 2.45) is 5.92 Å². The number of aliphatic hydroxyl groups excluding tert-OH is 1. The molecule has 2 fully saturated rings. The molecule has 0 unspecified atom stereocenters. The first-order valence-electron chi connectivity index (χ1n) is 12.6. The summed E-state index contributed by atoms with van der Waals surface area (Å²) in [4.78, 5) is 15.4. The van der Waals surface area contributed by atoms with E-state index in [9.17, 15) is 24.5 Å². The summed E-state index contributed by atoms with van der Waals surface area (Å²) >= 11 is 0. The number of halogens is 1. The van der Waals surface area contributed by atoms with E-state index in [1.54, 1.807) is 19.1 Å². The van der Waals surface area contributed by atoms with Crippen molar-refractivity contribution in [1.29, 1.82) is 0 Å². The van der Waals surface area contributed by atoms with E-state index >= 15 is 0 Å². The number of carbonyl (C=O) groups is 1. The molecule has 2 heterocycles. The number of rotatable bonds is 5. The van der Waals surface area contributed by atoms with Crippen molar-refractivity contribution in [2.45, 2.75) is 62.7 Å². The van der Waals surface area contributed by atoms with E-state index in [1.165, 1.54) is 38.0 Å². The van der Waals surface area contributed by atoms with Gasteiger partial charge in [-0.1, -0.05) is 12.1 Å². The lowest BCUT2D eigenvalue weighted by Crippen LogP contribution is -2.73. The molecule has 1 saturated carbocycles. The van der Waals surface area contributed by atoms with Crippen LogP contribution in [0.2, 0.25) is 0 Å². The van der Waals surface area contributed by atoms with Crippen LogP contribution in [0.25, 0.3) is 0 Å². The zero-order valence-electron chi connectivity index (χ0n) is 20.4. The van der Waals surface area contributed by atoms with E-state index in [4.69, 9.17) is 4.74 Å². The number of phenols is 1. The Kier molecular flexibility index (Phi) is 5.15. The highest BCUT2D eigenvalue weighted by molar-refractivity contribution is 6.03. The standard InChI is InChI=1S/C28H31FN2O5/c1-15(26(34)30-19-5-3-4-18(29)13-19)23(33)25-28-10-11-31(14-16-6-7-16)21(27(28,2)35)12-17-8-9-20(32)24(36-25)22(17)28/h3-5,8-9,13,16,21,25,32-33,35H,6-7,10-12,14H2,1-2H3,(H,30,34)/b23-15-/t21-,25+,27-,28+/m1/s1. The predicted molar refractivity (Wildman–Crippen MR) is 132 cm³/mol. The Labute approximate surface area is 209 Å². The minimum Gasteiger partial charge on any atom is -0.508 e. The summed E-state index contributed by atoms with van der Waals surface area (Å²) in [6, 6.07) is 8.80. The van der Waals surface area contributed by atoms with Gasteiger partial charge in [-0.2, -0.15) is 0 Å². The summed E-state index contributed by atoms with van der Waals surface area (Å²) < 4.78 is 19.8. The molecule has 1 spiro atoms. The Bertz CT molecular complexity index is 1290. The maximum atomic E-state index is 13.6. The molecule has 36 heavy (non-hydrogen) atoms. The molecular weight excluding hydrogens is 463 g/mol. The smallest absolute Gasteiger partial charge is 0.254 e. The van der Waals surface area contributed by atoms with Crippen LogP contribution in [0.3, 0.4) is 0 Å². The molecule has 2 aliphatic carbocycles. The maximum Gasteiger partial charge on any atom is 0.254 e. The molecule has 2 aromatic carbocycles. The first-order chi connectivity index (χ1) is 17.1. The highest BCUT2D eigenvalue weighted by Gasteiger charge is 2.69. The van der Waals surface area contributed by atoms with Crippen LogP contribution in [-0.2, 0) is 16.6 Å². The molecule has 2 aliphatic heterocycles. The van der Waals surface area contributed by atoms with Crippen molar-refractivity contribution in [3.8, 4) is 11.5 Å². The molecule has 8 heteroatoms. The van der Waals surface area contributed by atoms with Gasteiger partial charge in [-0.05, 0) is 81.8 Å². The molecule has 2 bridgehead atoms. The Balaban J connectivity index is 1.42. The molecule has 1 amide bonds. The van der Waals surface area contributed by atoms with Gasteiger partial charge in [-0.3, -0.25) is 9.69 Å². The topological polar surface area (TPSA) is 102 Å². The summed E-state index contributed by atoms with van der Waals surface area (Å²) in [6.45, 7) is 4.92. The number of likely N-dealkylation sites (tertiary alicyclic amines) is 1. The summed E-state index contributed by atoms with van der Waals surface area (Å²) in [6.07, 6.45) is 2.47. The number of carbonyl (C=O) groups excluding carboxylic acids is 1. The number of anilines is 1. The van der Waals surface area contributed by atoms with Crippen LogP contribution >= 0.6 is 0 Å². The SMILES string of the molecule is C/C(C(=O)Nc1cccc(F)c1)=C(/O)[C@@H]1Oc2c(O)ccc3c2[C@@]12CCN(CC1CC1)[C@H](C3)[C@@]2(C)O. The van der Waals surface area contributed by atoms with Crippen LogP contribution in [0.1, 0.15) is 44.2 Å². The average molecular weight is 495 g/mol. The van der Waals surface area contributed by atoms with Crippen molar-refractivity contribution in [2.75, 3.05) is 18.4 Å². The zero-order valence-corrected chi connectivity index (χ0v) is 20.4. The van der Waals surface area contributed by atoms with Gasteiger partial charge < -0.3 is 25.4 Å². The van der Waals surface area contributed by atoms with Crippen molar-refractivity contribution < 1.29 is 29.2 Å². The van der Waals surface area contributed by atoms with E-state index in [-0.39, 0.29) is 34.6 Å². The Morgan fingerprint density at radius 2 is 2.06 bits per heavy atom. The van der Waals surface area contributed by atoms with Crippen LogP contribution in [0, 0.1) is 11.7 Å². The molecular formula is C28H31FN2O5.